The Morgan fingerprint density at radius 1 is 0.500 bits per heavy atom. The van der Waals surface area contributed by atoms with Crippen molar-refractivity contribution < 1.29 is 8.83 Å². The van der Waals surface area contributed by atoms with Crippen molar-refractivity contribution in [1.29, 1.82) is 0 Å². The fourth-order valence-electron chi connectivity index (χ4n) is 6.17. The highest BCUT2D eigenvalue weighted by atomic mass is 16.3. The molecule has 0 fully saturated rings. The van der Waals surface area contributed by atoms with Crippen LogP contribution < -0.4 is 4.90 Å². The second-order valence-corrected chi connectivity index (χ2v) is 10.4. The third kappa shape index (κ3) is 2.90. The molecule has 0 saturated carbocycles. The van der Waals surface area contributed by atoms with Crippen LogP contribution in [0.3, 0.4) is 0 Å². The van der Waals surface area contributed by atoms with Gasteiger partial charge in [-0.15, -0.1) is 0 Å². The molecule has 0 aliphatic carbocycles. The summed E-state index contributed by atoms with van der Waals surface area (Å²) in [6.45, 7) is 4.54. The van der Waals surface area contributed by atoms with Crippen LogP contribution >= 0.6 is 0 Å². The van der Waals surface area contributed by atoms with Gasteiger partial charge in [0.1, 0.15) is 23.7 Å². The summed E-state index contributed by atoms with van der Waals surface area (Å²) in [5, 5.41) is 9.81. The third-order valence-corrected chi connectivity index (χ3v) is 7.94. The first-order valence-electron chi connectivity index (χ1n) is 13.1. The molecule has 0 amide bonds. The maximum atomic E-state index is 6.06. The lowest BCUT2D eigenvalue weighted by molar-refractivity contribution is 0.613. The van der Waals surface area contributed by atoms with E-state index >= 15 is 0 Å². The minimum absolute atomic E-state index is 0.449. The van der Waals surface area contributed by atoms with Gasteiger partial charge in [0.05, 0.1) is 17.1 Å². The summed E-state index contributed by atoms with van der Waals surface area (Å²) in [5.41, 5.74) is 6.19. The molecule has 182 valence electrons. The van der Waals surface area contributed by atoms with E-state index in [9.17, 15) is 0 Å². The van der Waals surface area contributed by atoms with Gasteiger partial charge in [-0.2, -0.15) is 0 Å². The van der Waals surface area contributed by atoms with E-state index in [1.807, 2.05) is 36.8 Å². The molecule has 3 heteroatoms. The van der Waals surface area contributed by atoms with Crippen molar-refractivity contribution in [1.82, 2.24) is 0 Å². The van der Waals surface area contributed by atoms with Crippen LogP contribution in [-0.2, 0) is 0 Å². The van der Waals surface area contributed by atoms with Gasteiger partial charge in [-0.25, -0.2) is 0 Å². The predicted octanol–water partition coefficient (Wildman–Crippen LogP) is 10.7. The molecule has 8 rings (SSSR count). The lowest BCUT2D eigenvalue weighted by Gasteiger charge is -2.26. The standard InChI is InChI=1S/C35H25NO2/c1-21(2)24-15-11-22-13-17-28-29(18-14-23-12-16-25(24)34(22)35(23)28)36(30-19-37-32-9-5-3-7-26(30)32)31-20-38-33-10-6-4-8-27(31)33/h3-21H,1-2H3. The van der Waals surface area contributed by atoms with Gasteiger partial charge < -0.3 is 13.7 Å². The molecule has 0 N–H and O–H groups in total. The molecule has 0 aliphatic heterocycles. The Hall–Kier alpha value is -4.76. The molecule has 0 saturated heterocycles. The van der Waals surface area contributed by atoms with Crippen molar-refractivity contribution in [2.75, 3.05) is 4.90 Å². The minimum atomic E-state index is 0.449. The summed E-state index contributed by atoms with van der Waals surface area (Å²) < 4.78 is 12.1. The van der Waals surface area contributed by atoms with E-state index in [-0.39, 0.29) is 0 Å². The molecule has 6 aromatic carbocycles. The SMILES string of the molecule is CC(C)c1ccc2ccc3c(N(c4coc5ccccc45)c4coc5ccccc45)ccc4ccc1c2c43. The molecule has 0 atom stereocenters. The molecule has 8 aromatic rings. The van der Waals surface area contributed by atoms with Crippen LogP contribution in [0.15, 0.2) is 118 Å². The van der Waals surface area contributed by atoms with Crippen molar-refractivity contribution >= 4 is 71.3 Å². The lowest BCUT2D eigenvalue weighted by atomic mass is 9.88. The van der Waals surface area contributed by atoms with E-state index in [0.29, 0.717) is 5.92 Å². The number of rotatable bonds is 4. The predicted molar refractivity (Wildman–Crippen MR) is 158 cm³/mol. The first kappa shape index (κ1) is 21.3. The van der Waals surface area contributed by atoms with Gasteiger partial charge >= 0.3 is 0 Å². The normalized spacial score (nSPS) is 12.2. The Kier molecular flexibility index (Phi) is 4.42. The van der Waals surface area contributed by atoms with Gasteiger partial charge in [-0.1, -0.05) is 80.6 Å². The summed E-state index contributed by atoms with van der Waals surface area (Å²) in [7, 11) is 0. The summed E-state index contributed by atoms with van der Waals surface area (Å²) in [5.74, 6) is 0.449. The highest BCUT2D eigenvalue weighted by Gasteiger charge is 2.24. The molecular weight excluding hydrogens is 466 g/mol. The lowest BCUT2D eigenvalue weighted by Crippen LogP contribution is -2.10. The summed E-state index contributed by atoms with van der Waals surface area (Å²) >= 11 is 0. The van der Waals surface area contributed by atoms with E-state index in [0.717, 1.165) is 39.0 Å². The molecule has 0 bridgehead atoms. The molecule has 0 aliphatic rings. The molecule has 2 heterocycles. The molecule has 2 aromatic heterocycles. The third-order valence-electron chi connectivity index (χ3n) is 7.94. The summed E-state index contributed by atoms with van der Waals surface area (Å²) in [6.07, 6.45) is 3.72. The van der Waals surface area contributed by atoms with Gasteiger partial charge in [-0.05, 0) is 68.7 Å². The van der Waals surface area contributed by atoms with Crippen LogP contribution in [-0.4, -0.2) is 0 Å². The fourth-order valence-corrected chi connectivity index (χ4v) is 6.17. The fraction of sp³-hybridized carbons (Fsp3) is 0.0857. The molecule has 38 heavy (non-hydrogen) atoms. The van der Waals surface area contributed by atoms with E-state index in [1.54, 1.807) is 0 Å². The molecule has 0 spiro atoms. The first-order chi connectivity index (χ1) is 18.7. The number of hydrogen-bond donors (Lipinski definition) is 0. The van der Waals surface area contributed by atoms with Crippen LogP contribution in [0.25, 0.3) is 54.3 Å². The topological polar surface area (TPSA) is 29.5 Å². The van der Waals surface area contributed by atoms with Crippen LogP contribution in [0.5, 0.6) is 0 Å². The molecule has 0 radical (unpaired) electrons. The zero-order valence-corrected chi connectivity index (χ0v) is 21.2. The maximum absolute atomic E-state index is 6.06. The Bertz CT molecular complexity index is 2050. The van der Waals surface area contributed by atoms with Crippen LogP contribution in [0.2, 0.25) is 0 Å². The van der Waals surface area contributed by atoms with E-state index < -0.39 is 0 Å². The van der Waals surface area contributed by atoms with Crippen molar-refractivity contribution in [3.05, 3.63) is 115 Å². The second-order valence-electron chi connectivity index (χ2n) is 10.4. The monoisotopic (exact) mass is 491 g/mol. The quantitative estimate of drug-likeness (QED) is 0.229. The Morgan fingerprint density at radius 2 is 1.03 bits per heavy atom. The number of benzene rings is 6. The number of para-hydroxylation sites is 2. The Balaban J connectivity index is 1.50. The largest absolute Gasteiger partial charge is 0.462 e. The Morgan fingerprint density at radius 3 is 1.66 bits per heavy atom. The number of anilines is 3. The highest BCUT2D eigenvalue weighted by molar-refractivity contribution is 6.26. The minimum Gasteiger partial charge on any atom is -0.462 e. The summed E-state index contributed by atoms with van der Waals surface area (Å²) in [6, 6.07) is 34.5. The summed E-state index contributed by atoms with van der Waals surface area (Å²) in [4.78, 5) is 2.30. The van der Waals surface area contributed by atoms with Gasteiger partial charge in [0, 0.05) is 16.2 Å². The van der Waals surface area contributed by atoms with E-state index in [1.165, 1.54) is 37.9 Å². The van der Waals surface area contributed by atoms with Crippen molar-refractivity contribution in [2.24, 2.45) is 0 Å². The highest BCUT2D eigenvalue weighted by Crippen LogP contribution is 2.48. The first-order valence-corrected chi connectivity index (χ1v) is 13.1. The molecular formula is C35H25NO2. The van der Waals surface area contributed by atoms with Crippen molar-refractivity contribution in [3.63, 3.8) is 0 Å². The average Bonchev–Trinajstić information content (AvgIpc) is 3.57. The number of furan rings is 2. The number of fused-ring (bicyclic) bond motifs is 2. The van der Waals surface area contributed by atoms with Crippen LogP contribution in [0.4, 0.5) is 17.1 Å². The van der Waals surface area contributed by atoms with E-state index in [2.05, 4.69) is 91.5 Å². The van der Waals surface area contributed by atoms with Crippen LogP contribution in [0, 0.1) is 0 Å². The Labute approximate surface area is 219 Å². The van der Waals surface area contributed by atoms with Gasteiger partial charge in [0.25, 0.3) is 0 Å². The zero-order valence-electron chi connectivity index (χ0n) is 21.2. The van der Waals surface area contributed by atoms with E-state index in [4.69, 9.17) is 8.83 Å². The van der Waals surface area contributed by atoms with Crippen molar-refractivity contribution in [2.45, 2.75) is 19.8 Å². The molecule has 3 nitrogen and oxygen atoms in total. The average molecular weight is 492 g/mol. The zero-order chi connectivity index (χ0) is 25.4. The second kappa shape index (κ2) is 7.87. The number of hydrogen-bond acceptors (Lipinski definition) is 3. The smallest absolute Gasteiger partial charge is 0.136 e. The van der Waals surface area contributed by atoms with Gasteiger partial charge in [-0.3, -0.25) is 0 Å². The van der Waals surface area contributed by atoms with Crippen molar-refractivity contribution in [3.8, 4) is 0 Å². The van der Waals surface area contributed by atoms with Gasteiger partial charge in [0.15, 0.2) is 0 Å². The molecule has 0 unspecified atom stereocenters. The number of nitrogens with zero attached hydrogens (tertiary/aromatic N) is 1. The van der Waals surface area contributed by atoms with Crippen LogP contribution in [0.1, 0.15) is 25.3 Å². The maximum Gasteiger partial charge on any atom is 0.136 e. The van der Waals surface area contributed by atoms with Gasteiger partial charge in [0.2, 0.25) is 0 Å².